The topological polar surface area (TPSA) is 58.6 Å². The Morgan fingerprint density at radius 2 is 2.00 bits per heavy atom. The minimum atomic E-state index is -2.67. The minimum Gasteiger partial charge on any atom is -0.750 e. The number of alkyl halides is 1. The molecule has 1 aromatic carbocycles. The van der Waals surface area contributed by atoms with Crippen LogP contribution in [0.25, 0.3) is 0 Å². The lowest BCUT2D eigenvalue weighted by Crippen LogP contribution is -2.17. The Kier molecular flexibility index (Phi) is 6.17. The van der Waals surface area contributed by atoms with Crippen LogP contribution in [0.5, 0.6) is 0 Å². The zero-order valence-corrected chi connectivity index (χ0v) is 9.32. The Labute approximate surface area is 95.9 Å². The Morgan fingerprint density at radius 1 is 1.31 bits per heavy atom. The Bertz CT molecular complexity index is 320. The molecule has 1 aromatic rings. The molecule has 0 amide bonds. The van der Waals surface area contributed by atoms with Crippen molar-refractivity contribution in [2.45, 2.75) is 12.8 Å². The highest BCUT2D eigenvalue weighted by atomic mass is 32.2. The molecule has 0 heterocycles. The maximum Gasteiger partial charge on any atom is 0.148 e. The number of hydrogen-bond acceptors (Lipinski definition) is 4. The van der Waals surface area contributed by atoms with Crippen molar-refractivity contribution in [3.8, 4) is 0 Å². The van der Waals surface area contributed by atoms with E-state index in [-0.39, 0.29) is 6.61 Å². The van der Waals surface area contributed by atoms with E-state index in [2.05, 4.69) is 4.18 Å². The molecule has 0 saturated carbocycles. The van der Waals surface area contributed by atoms with Crippen LogP contribution in [0.4, 0.5) is 4.39 Å². The van der Waals surface area contributed by atoms with Crippen molar-refractivity contribution in [2.75, 3.05) is 13.2 Å². The van der Waals surface area contributed by atoms with E-state index < -0.39 is 24.1 Å². The van der Waals surface area contributed by atoms with E-state index in [1.165, 1.54) is 0 Å². The molecule has 2 atom stereocenters. The molecule has 0 bridgehead atoms. The van der Waals surface area contributed by atoms with Gasteiger partial charge in [-0.3, -0.25) is 4.18 Å². The van der Waals surface area contributed by atoms with Crippen LogP contribution in [0.1, 0.15) is 5.56 Å². The van der Waals surface area contributed by atoms with Gasteiger partial charge in [0.1, 0.15) is 6.17 Å². The van der Waals surface area contributed by atoms with Gasteiger partial charge < -0.3 is 9.29 Å². The van der Waals surface area contributed by atoms with Gasteiger partial charge in [-0.1, -0.05) is 30.3 Å². The normalized spacial score (nSPS) is 14.6. The third kappa shape index (κ3) is 5.92. The number of hydrogen-bond donors (Lipinski definition) is 0. The van der Waals surface area contributed by atoms with Crippen molar-refractivity contribution in [3.05, 3.63) is 35.9 Å². The van der Waals surface area contributed by atoms with Crippen molar-refractivity contribution in [1.82, 2.24) is 0 Å². The second kappa shape index (κ2) is 7.45. The van der Waals surface area contributed by atoms with Crippen LogP contribution >= 0.6 is 0 Å². The van der Waals surface area contributed by atoms with Crippen molar-refractivity contribution < 1.29 is 22.1 Å². The fourth-order valence-corrected chi connectivity index (χ4v) is 1.32. The second-order valence-corrected chi connectivity index (χ2v) is 3.73. The predicted octanol–water partition coefficient (Wildman–Crippen LogP) is 1.35. The van der Waals surface area contributed by atoms with Crippen molar-refractivity contribution in [2.24, 2.45) is 0 Å². The third-order valence-electron chi connectivity index (χ3n) is 1.76. The maximum atomic E-state index is 12.9. The van der Waals surface area contributed by atoms with Crippen molar-refractivity contribution in [3.63, 3.8) is 0 Å². The van der Waals surface area contributed by atoms with Gasteiger partial charge >= 0.3 is 0 Å². The molecular weight excluding hydrogens is 235 g/mol. The molecule has 1 rings (SSSR count). The second-order valence-electron chi connectivity index (χ2n) is 3.09. The zero-order chi connectivity index (χ0) is 11.8. The lowest BCUT2D eigenvalue weighted by Gasteiger charge is -2.10. The van der Waals surface area contributed by atoms with E-state index in [9.17, 15) is 13.2 Å². The van der Waals surface area contributed by atoms with Crippen LogP contribution in [0.2, 0.25) is 0 Å². The first kappa shape index (κ1) is 13.2. The van der Waals surface area contributed by atoms with E-state index in [0.717, 1.165) is 5.56 Å². The third-order valence-corrected chi connectivity index (χ3v) is 2.08. The Hall–Kier alpha value is -0.820. The summed E-state index contributed by atoms with van der Waals surface area (Å²) in [6.45, 7) is -0.404. The summed E-state index contributed by atoms with van der Waals surface area (Å²) in [5.41, 5.74) is 0.933. The van der Waals surface area contributed by atoms with Crippen LogP contribution in [-0.2, 0) is 26.9 Å². The van der Waals surface area contributed by atoms with Crippen molar-refractivity contribution >= 4 is 11.4 Å². The monoisotopic (exact) mass is 247 g/mol. The lowest BCUT2D eigenvalue weighted by molar-refractivity contribution is 0.0495. The molecule has 0 aliphatic rings. The first-order valence-corrected chi connectivity index (χ1v) is 5.66. The first-order chi connectivity index (χ1) is 7.68. The fraction of sp³-hybridized carbons (Fsp3) is 0.400. The summed E-state index contributed by atoms with van der Waals surface area (Å²) in [4.78, 5) is 0. The Balaban J connectivity index is 2.13. The van der Waals surface area contributed by atoms with Gasteiger partial charge in [0.15, 0.2) is 0 Å². The summed E-state index contributed by atoms with van der Waals surface area (Å²) in [6.07, 6.45) is -1.44. The minimum absolute atomic E-state index is 0.188. The molecule has 6 heteroatoms. The van der Waals surface area contributed by atoms with Crippen LogP contribution in [-0.4, -0.2) is 28.1 Å². The molecule has 0 aliphatic carbocycles. The average molecular weight is 247 g/mol. The number of halogens is 1. The molecule has 1 unspecified atom stereocenters. The van der Waals surface area contributed by atoms with Crippen LogP contribution in [0.3, 0.4) is 0 Å². The summed E-state index contributed by atoms with van der Waals surface area (Å²) in [5.74, 6) is 0. The maximum absolute atomic E-state index is 12.9. The van der Waals surface area contributed by atoms with E-state index in [1.807, 2.05) is 30.3 Å². The van der Waals surface area contributed by atoms with E-state index >= 15 is 0 Å². The number of benzene rings is 1. The number of rotatable bonds is 7. The summed E-state index contributed by atoms with van der Waals surface area (Å²) in [5, 5.41) is 0. The molecule has 0 fully saturated rings. The Morgan fingerprint density at radius 3 is 2.62 bits per heavy atom. The van der Waals surface area contributed by atoms with Gasteiger partial charge in [-0.25, -0.2) is 8.60 Å². The van der Waals surface area contributed by atoms with E-state index in [4.69, 9.17) is 4.74 Å². The SMILES string of the molecule is O=S([O-])OC[C@H](F)COCc1ccccc1. The largest absolute Gasteiger partial charge is 0.750 e. The molecule has 90 valence electrons. The summed E-state index contributed by atoms with van der Waals surface area (Å²) in [7, 11) is 0. The lowest BCUT2D eigenvalue weighted by atomic mass is 10.2. The van der Waals surface area contributed by atoms with Crippen LogP contribution in [0, 0.1) is 0 Å². The molecule has 0 radical (unpaired) electrons. The fourth-order valence-electron chi connectivity index (χ4n) is 1.06. The molecule has 4 nitrogen and oxygen atoms in total. The highest BCUT2D eigenvalue weighted by molar-refractivity contribution is 7.74. The molecular formula is C10H12FO4S-. The van der Waals surface area contributed by atoms with Gasteiger partial charge in [-0.15, -0.1) is 0 Å². The summed E-state index contributed by atoms with van der Waals surface area (Å²) < 4.78 is 42.0. The van der Waals surface area contributed by atoms with Gasteiger partial charge in [0.2, 0.25) is 0 Å². The zero-order valence-electron chi connectivity index (χ0n) is 8.50. The molecule has 16 heavy (non-hydrogen) atoms. The van der Waals surface area contributed by atoms with Gasteiger partial charge in [0, 0.05) is 0 Å². The van der Waals surface area contributed by atoms with Gasteiger partial charge in [0.25, 0.3) is 0 Å². The first-order valence-electron chi connectivity index (χ1n) is 4.66. The molecule has 0 N–H and O–H groups in total. The van der Waals surface area contributed by atoms with Crippen LogP contribution < -0.4 is 0 Å². The highest BCUT2D eigenvalue weighted by Crippen LogP contribution is 2.02. The highest BCUT2D eigenvalue weighted by Gasteiger charge is 2.07. The van der Waals surface area contributed by atoms with E-state index in [0.29, 0.717) is 6.61 Å². The van der Waals surface area contributed by atoms with Gasteiger partial charge in [0.05, 0.1) is 31.2 Å². The van der Waals surface area contributed by atoms with E-state index in [1.54, 1.807) is 0 Å². The number of ether oxygens (including phenoxy) is 1. The molecule has 0 saturated heterocycles. The van der Waals surface area contributed by atoms with Gasteiger partial charge in [-0.05, 0) is 5.56 Å². The van der Waals surface area contributed by atoms with Gasteiger partial charge in [-0.2, -0.15) is 0 Å². The molecule has 0 aromatic heterocycles. The summed E-state index contributed by atoms with van der Waals surface area (Å²) >= 11 is -2.67. The predicted molar refractivity (Wildman–Crippen MR) is 55.9 cm³/mol. The standard InChI is InChI=1S/C10H13FO4S/c11-10(8-15-16(12)13)7-14-6-9-4-2-1-3-5-9/h1-5,10H,6-8H2,(H,12,13)/p-1/t10-/m1/s1. The summed E-state index contributed by atoms with van der Waals surface area (Å²) in [6, 6.07) is 9.30. The van der Waals surface area contributed by atoms with Crippen molar-refractivity contribution in [1.29, 1.82) is 0 Å². The molecule has 0 spiro atoms. The quantitative estimate of drug-likeness (QED) is 0.682. The molecule has 0 aliphatic heterocycles. The smallest absolute Gasteiger partial charge is 0.148 e. The van der Waals surface area contributed by atoms with Crippen LogP contribution in [0.15, 0.2) is 30.3 Å². The average Bonchev–Trinajstić information content (AvgIpc) is 2.28.